The van der Waals surface area contributed by atoms with Crippen molar-refractivity contribution in [3.05, 3.63) is 71.5 Å². The van der Waals surface area contributed by atoms with Crippen LogP contribution in [0.1, 0.15) is 43.1 Å². The van der Waals surface area contributed by atoms with Crippen LogP contribution in [0, 0.1) is 12.8 Å². The number of nitrogens with one attached hydrogen (secondary N) is 4. The van der Waals surface area contributed by atoms with Gasteiger partial charge in [0.05, 0.1) is 43.8 Å². The summed E-state index contributed by atoms with van der Waals surface area (Å²) in [5, 5.41) is 22.4. The highest BCUT2D eigenvalue weighted by molar-refractivity contribution is 7.88. The maximum absolute atomic E-state index is 13.1. The molecule has 13 nitrogen and oxygen atoms in total. The molecule has 0 aliphatic carbocycles. The van der Waals surface area contributed by atoms with Gasteiger partial charge in [-0.15, -0.1) is 0 Å². The van der Waals surface area contributed by atoms with Crippen molar-refractivity contribution in [2.75, 3.05) is 24.0 Å². The Hall–Kier alpha value is -4.43. The van der Waals surface area contributed by atoms with Crippen molar-refractivity contribution in [3.8, 4) is 5.75 Å². The first-order valence-corrected chi connectivity index (χ1v) is 15.5. The third-order valence-electron chi connectivity index (χ3n) is 6.36. The normalized spacial score (nSPS) is 12.8. The number of methoxy groups -OCH3 is 1. The number of hydrogen-bond donors (Lipinski definition) is 5. The zero-order chi connectivity index (χ0) is 31.7. The Labute approximate surface area is 251 Å². The van der Waals surface area contributed by atoms with Gasteiger partial charge in [-0.3, -0.25) is 14.3 Å². The lowest BCUT2D eigenvalue weighted by molar-refractivity contribution is -0.139. The summed E-state index contributed by atoms with van der Waals surface area (Å²) in [4.78, 5) is 37.2. The van der Waals surface area contributed by atoms with Crippen molar-refractivity contribution in [3.63, 3.8) is 0 Å². The smallest absolute Gasteiger partial charge is 0.323 e. The maximum atomic E-state index is 13.1. The van der Waals surface area contributed by atoms with E-state index >= 15 is 0 Å². The molecule has 1 aromatic heterocycles. The Kier molecular flexibility index (Phi) is 11.3. The molecule has 43 heavy (non-hydrogen) atoms. The number of anilines is 2. The van der Waals surface area contributed by atoms with Gasteiger partial charge in [-0.1, -0.05) is 38.1 Å². The second-order valence-corrected chi connectivity index (χ2v) is 12.4. The van der Waals surface area contributed by atoms with Crippen LogP contribution in [0.2, 0.25) is 0 Å². The van der Waals surface area contributed by atoms with Gasteiger partial charge in [-0.25, -0.2) is 13.2 Å². The lowest BCUT2D eigenvalue weighted by Crippen LogP contribution is -2.43. The number of nitrogens with zero attached hydrogens (tertiary/aromatic N) is 2. The predicted octanol–water partition coefficient (Wildman–Crippen LogP) is 3.29. The Morgan fingerprint density at radius 2 is 1.74 bits per heavy atom. The highest BCUT2D eigenvalue weighted by atomic mass is 32.2. The average molecular weight is 615 g/mol. The molecule has 3 amide bonds. The number of amides is 3. The lowest BCUT2D eigenvalue weighted by atomic mass is 10.0. The highest BCUT2D eigenvalue weighted by Gasteiger charge is 2.24. The van der Waals surface area contributed by atoms with Gasteiger partial charge in [0.15, 0.2) is 0 Å². The van der Waals surface area contributed by atoms with E-state index in [1.165, 1.54) is 11.8 Å². The van der Waals surface area contributed by atoms with Crippen LogP contribution in [-0.2, 0) is 32.6 Å². The van der Waals surface area contributed by atoms with Crippen molar-refractivity contribution < 1.29 is 32.6 Å². The van der Waals surface area contributed by atoms with Crippen LogP contribution in [0.4, 0.5) is 16.2 Å². The number of aryl methyl sites for hydroxylation is 1. The van der Waals surface area contributed by atoms with Gasteiger partial charge in [-0.2, -0.15) is 9.82 Å². The first kappa shape index (κ1) is 33.1. The molecule has 0 aliphatic heterocycles. The standard InChI is InChI=1S/C29H38N6O7S/c1-18(2)14-24(22-12-13-35(33-22)17-25(28(37)38)34-43(5,40)41)30-27(36)16-20-10-11-23(26(15-20)42-4)32-29(39)31-21-9-7-6-8-19(21)3/h6-13,15,18,24-25,34H,14,16-17H2,1-5H3,(H,30,36)(H,37,38)(H2,31,32,39). The van der Waals surface area contributed by atoms with Gasteiger partial charge in [0.2, 0.25) is 15.9 Å². The number of carboxylic acids is 1. The number of benzene rings is 2. The van der Waals surface area contributed by atoms with Crippen molar-refractivity contribution in [1.82, 2.24) is 19.8 Å². The molecule has 3 aromatic rings. The Balaban J connectivity index is 1.68. The summed E-state index contributed by atoms with van der Waals surface area (Å²) in [6, 6.07) is 11.8. The largest absolute Gasteiger partial charge is 0.495 e. The zero-order valence-corrected chi connectivity index (χ0v) is 25.6. The number of carboxylic acid groups (broad SMARTS) is 1. The third-order valence-corrected chi connectivity index (χ3v) is 7.07. The Bertz CT molecular complexity index is 1550. The number of carbonyl (C=O) groups excluding carboxylic acids is 2. The van der Waals surface area contributed by atoms with Crippen molar-refractivity contribution in [2.24, 2.45) is 5.92 Å². The number of carbonyl (C=O) groups is 3. The summed E-state index contributed by atoms with van der Waals surface area (Å²) in [6.07, 6.45) is 3.02. The number of ether oxygens (including phenoxy) is 1. The fraction of sp³-hybridized carbons (Fsp3) is 0.379. The van der Waals surface area contributed by atoms with Gasteiger partial charge < -0.3 is 25.8 Å². The molecule has 14 heteroatoms. The van der Waals surface area contributed by atoms with Crippen molar-refractivity contribution in [1.29, 1.82) is 0 Å². The monoisotopic (exact) mass is 614 g/mol. The van der Waals surface area contributed by atoms with Crippen LogP contribution >= 0.6 is 0 Å². The van der Waals surface area contributed by atoms with Crippen LogP contribution in [0.5, 0.6) is 5.75 Å². The minimum atomic E-state index is -3.75. The summed E-state index contributed by atoms with van der Waals surface area (Å²) in [7, 11) is -2.28. The van der Waals surface area contributed by atoms with E-state index in [1.807, 2.05) is 39.0 Å². The molecule has 2 atom stereocenters. The summed E-state index contributed by atoms with van der Waals surface area (Å²) in [6.45, 7) is 5.66. The minimum Gasteiger partial charge on any atom is -0.495 e. The fourth-order valence-electron chi connectivity index (χ4n) is 4.37. The summed E-state index contributed by atoms with van der Waals surface area (Å²) in [5.74, 6) is -1.02. The molecule has 3 rings (SSSR count). The number of aromatic nitrogens is 2. The number of para-hydroxylation sites is 1. The number of hydrogen-bond acceptors (Lipinski definition) is 7. The molecular weight excluding hydrogens is 576 g/mol. The summed E-state index contributed by atoms with van der Waals surface area (Å²) in [5.41, 5.74) is 3.21. The van der Waals surface area contributed by atoms with Crippen LogP contribution in [0.3, 0.4) is 0 Å². The summed E-state index contributed by atoms with van der Waals surface area (Å²) >= 11 is 0. The van der Waals surface area contributed by atoms with E-state index in [9.17, 15) is 27.9 Å². The molecule has 0 aliphatic rings. The Morgan fingerprint density at radius 1 is 1.05 bits per heavy atom. The number of aliphatic carboxylic acids is 1. The van der Waals surface area contributed by atoms with E-state index in [2.05, 4.69) is 25.8 Å². The van der Waals surface area contributed by atoms with Gasteiger partial charge in [-0.05, 0) is 54.7 Å². The first-order valence-electron chi connectivity index (χ1n) is 13.6. The lowest BCUT2D eigenvalue weighted by Gasteiger charge is -2.19. The van der Waals surface area contributed by atoms with Crippen LogP contribution in [-0.4, -0.2) is 60.6 Å². The van der Waals surface area contributed by atoms with Gasteiger partial charge in [0, 0.05) is 11.9 Å². The third kappa shape index (κ3) is 10.4. The average Bonchev–Trinajstić information content (AvgIpc) is 3.37. The van der Waals surface area contributed by atoms with E-state index in [-0.39, 0.29) is 24.8 Å². The van der Waals surface area contributed by atoms with Crippen LogP contribution in [0.15, 0.2) is 54.7 Å². The van der Waals surface area contributed by atoms with Gasteiger partial charge >= 0.3 is 12.0 Å². The molecule has 1 heterocycles. The predicted molar refractivity (Wildman–Crippen MR) is 162 cm³/mol. The number of sulfonamides is 1. The molecule has 232 valence electrons. The quantitative estimate of drug-likeness (QED) is 0.183. The second kappa shape index (κ2) is 14.6. The minimum absolute atomic E-state index is 0.0285. The topological polar surface area (TPSA) is 181 Å². The van der Waals surface area contributed by atoms with Crippen LogP contribution in [0.25, 0.3) is 0 Å². The molecule has 0 saturated carbocycles. The number of rotatable bonds is 14. The second-order valence-electron chi connectivity index (χ2n) is 10.6. The molecule has 0 fully saturated rings. The maximum Gasteiger partial charge on any atom is 0.323 e. The van der Waals surface area contributed by atoms with Gasteiger partial charge in [0.1, 0.15) is 11.8 Å². The van der Waals surface area contributed by atoms with Crippen LogP contribution < -0.4 is 25.4 Å². The first-order chi connectivity index (χ1) is 20.2. The molecular formula is C29H38N6O7S. The molecule has 0 bridgehead atoms. The highest BCUT2D eigenvalue weighted by Crippen LogP contribution is 2.27. The van der Waals surface area contributed by atoms with Crippen molar-refractivity contribution >= 4 is 39.3 Å². The molecule has 0 saturated heterocycles. The van der Waals surface area contributed by atoms with E-state index in [0.717, 1.165) is 11.8 Å². The van der Waals surface area contributed by atoms with Gasteiger partial charge in [0.25, 0.3) is 0 Å². The Morgan fingerprint density at radius 3 is 2.37 bits per heavy atom. The molecule has 2 aromatic carbocycles. The molecule has 5 N–H and O–H groups in total. The van der Waals surface area contributed by atoms with E-state index in [0.29, 0.717) is 34.8 Å². The van der Waals surface area contributed by atoms with E-state index in [1.54, 1.807) is 36.5 Å². The molecule has 0 radical (unpaired) electrons. The SMILES string of the molecule is COc1cc(CC(=O)NC(CC(C)C)c2ccn(CC(NS(C)(=O)=O)C(=O)O)n2)ccc1NC(=O)Nc1ccccc1C. The zero-order valence-electron chi connectivity index (χ0n) is 24.7. The summed E-state index contributed by atoms with van der Waals surface area (Å²) < 4.78 is 32.0. The van der Waals surface area contributed by atoms with Crippen molar-refractivity contribution in [2.45, 2.75) is 52.2 Å². The van der Waals surface area contributed by atoms with E-state index in [4.69, 9.17) is 4.74 Å². The number of urea groups is 1. The van der Waals surface area contributed by atoms with E-state index < -0.39 is 34.1 Å². The molecule has 2 unspecified atom stereocenters. The fourth-order valence-corrected chi connectivity index (χ4v) is 5.06. The molecule has 0 spiro atoms.